The van der Waals surface area contributed by atoms with E-state index in [0.717, 1.165) is 48.7 Å². The van der Waals surface area contributed by atoms with Crippen LogP contribution in [0.1, 0.15) is 25.0 Å². The molecular formula is C21H24FN3O2S. The van der Waals surface area contributed by atoms with Crippen molar-refractivity contribution in [1.29, 1.82) is 0 Å². The molecular weight excluding hydrogens is 377 g/mol. The molecule has 3 aromatic rings. The molecule has 0 saturated heterocycles. The summed E-state index contributed by atoms with van der Waals surface area (Å²) in [6.45, 7) is 0.400. The highest BCUT2D eigenvalue weighted by molar-refractivity contribution is 7.89. The average Bonchev–Trinajstić information content (AvgIpc) is 3.17. The van der Waals surface area contributed by atoms with Crippen molar-refractivity contribution in [3.8, 4) is 11.3 Å². The van der Waals surface area contributed by atoms with Gasteiger partial charge in [0.25, 0.3) is 0 Å². The van der Waals surface area contributed by atoms with Crippen molar-refractivity contribution in [1.82, 2.24) is 14.5 Å². The number of aromatic nitrogens is 2. The smallest absolute Gasteiger partial charge is 0.242 e. The lowest BCUT2D eigenvalue weighted by atomic mass is 10.1. The molecule has 148 valence electrons. The third kappa shape index (κ3) is 5.05. The minimum atomic E-state index is -3.65. The number of hydrogen-bond donors (Lipinski definition) is 1. The Hall–Kier alpha value is -2.51. The van der Waals surface area contributed by atoms with Crippen LogP contribution in [0, 0.1) is 5.82 Å². The van der Waals surface area contributed by atoms with E-state index in [1.807, 2.05) is 30.3 Å². The fourth-order valence-corrected chi connectivity index (χ4v) is 4.24. The molecule has 0 atom stereocenters. The third-order valence-corrected chi connectivity index (χ3v) is 6.48. The first-order valence-electron chi connectivity index (χ1n) is 9.28. The van der Waals surface area contributed by atoms with Gasteiger partial charge in [0, 0.05) is 24.8 Å². The Morgan fingerprint density at radius 2 is 1.79 bits per heavy atom. The summed E-state index contributed by atoms with van der Waals surface area (Å²) in [5, 5.41) is 7.41. The third-order valence-electron chi connectivity index (χ3n) is 4.62. The van der Waals surface area contributed by atoms with Gasteiger partial charge in [-0.15, -0.1) is 0 Å². The maximum absolute atomic E-state index is 13.3. The first-order chi connectivity index (χ1) is 13.5. The van der Waals surface area contributed by atoms with Crippen molar-refractivity contribution in [2.75, 3.05) is 13.6 Å². The summed E-state index contributed by atoms with van der Waals surface area (Å²) in [4.78, 5) is -0.0131. The quantitative estimate of drug-likeness (QED) is 0.545. The number of H-pyrrole nitrogens is 1. The van der Waals surface area contributed by atoms with E-state index >= 15 is 0 Å². The van der Waals surface area contributed by atoms with Crippen LogP contribution >= 0.6 is 0 Å². The van der Waals surface area contributed by atoms with Crippen molar-refractivity contribution in [3.63, 3.8) is 0 Å². The first-order valence-corrected chi connectivity index (χ1v) is 10.7. The van der Waals surface area contributed by atoms with E-state index in [1.54, 1.807) is 0 Å². The van der Waals surface area contributed by atoms with Gasteiger partial charge in [-0.3, -0.25) is 5.10 Å². The molecule has 0 aliphatic heterocycles. The Kier molecular flexibility index (Phi) is 6.59. The minimum Gasteiger partial charge on any atom is -0.282 e. The molecule has 2 aromatic carbocycles. The van der Waals surface area contributed by atoms with Gasteiger partial charge in [0.05, 0.1) is 10.6 Å². The Balaban J connectivity index is 1.44. The predicted octanol–water partition coefficient (Wildman–Crippen LogP) is 4.25. The summed E-state index contributed by atoms with van der Waals surface area (Å²) in [5.74, 6) is -0.552. The number of hydrogen-bond acceptors (Lipinski definition) is 3. The summed E-state index contributed by atoms with van der Waals surface area (Å²) < 4.78 is 39.5. The van der Waals surface area contributed by atoms with Crippen molar-refractivity contribution in [2.24, 2.45) is 0 Å². The summed E-state index contributed by atoms with van der Waals surface area (Å²) in [5.41, 5.74) is 3.07. The lowest BCUT2D eigenvalue weighted by Crippen LogP contribution is -2.28. The molecule has 7 heteroatoms. The fraction of sp³-hybridized carbons (Fsp3) is 0.286. The summed E-state index contributed by atoms with van der Waals surface area (Å²) in [7, 11) is -2.12. The highest BCUT2D eigenvalue weighted by atomic mass is 32.2. The van der Waals surface area contributed by atoms with Crippen LogP contribution in [0.25, 0.3) is 11.3 Å². The Morgan fingerprint density at radius 1 is 1.00 bits per heavy atom. The maximum Gasteiger partial charge on any atom is 0.242 e. The molecule has 1 N–H and O–H groups in total. The lowest BCUT2D eigenvalue weighted by Gasteiger charge is -2.17. The number of aryl methyl sites for hydroxylation is 1. The van der Waals surface area contributed by atoms with Gasteiger partial charge >= 0.3 is 0 Å². The van der Waals surface area contributed by atoms with Crippen molar-refractivity contribution in [3.05, 3.63) is 72.2 Å². The minimum absolute atomic E-state index is 0.0131. The van der Waals surface area contributed by atoms with Gasteiger partial charge in [-0.25, -0.2) is 17.1 Å². The fourth-order valence-electron chi connectivity index (χ4n) is 3.00. The predicted molar refractivity (Wildman–Crippen MR) is 108 cm³/mol. The number of benzene rings is 2. The molecule has 0 spiro atoms. The number of sulfonamides is 1. The van der Waals surface area contributed by atoms with Crippen LogP contribution in [0.2, 0.25) is 0 Å². The van der Waals surface area contributed by atoms with Crippen LogP contribution in [-0.4, -0.2) is 36.5 Å². The topological polar surface area (TPSA) is 66.1 Å². The monoisotopic (exact) mass is 401 g/mol. The molecule has 0 fully saturated rings. The molecule has 0 amide bonds. The molecule has 5 nitrogen and oxygen atoms in total. The standard InChI is InChI=1S/C21H24FN3O2S/c1-25(28(26,27)20-13-8-11-18(22)15-20)14-7-3-6-12-19-16-21(24-23-19)17-9-4-2-5-10-17/h2,4-5,8-11,13,15-16H,3,6-7,12,14H2,1H3,(H,23,24). The molecule has 0 radical (unpaired) electrons. The Labute approximate surface area is 165 Å². The van der Waals surface area contributed by atoms with Crippen LogP contribution in [0.15, 0.2) is 65.6 Å². The molecule has 0 aliphatic rings. The first kappa shape index (κ1) is 20.2. The Bertz CT molecular complexity index is 1000. The van der Waals surface area contributed by atoms with Gasteiger partial charge < -0.3 is 0 Å². The number of nitrogens with one attached hydrogen (secondary N) is 1. The second-order valence-electron chi connectivity index (χ2n) is 6.74. The van der Waals surface area contributed by atoms with E-state index < -0.39 is 15.8 Å². The van der Waals surface area contributed by atoms with E-state index in [9.17, 15) is 12.8 Å². The molecule has 28 heavy (non-hydrogen) atoms. The van der Waals surface area contributed by atoms with Gasteiger partial charge in [0.15, 0.2) is 0 Å². The SMILES string of the molecule is CN(CCCCCc1cc(-c2ccccc2)n[nH]1)S(=O)(=O)c1cccc(F)c1. The largest absolute Gasteiger partial charge is 0.282 e. The van der Waals surface area contributed by atoms with Crippen LogP contribution in [0.4, 0.5) is 4.39 Å². The van der Waals surface area contributed by atoms with Gasteiger partial charge in [-0.1, -0.05) is 42.8 Å². The summed E-state index contributed by atoms with van der Waals surface area (Å²) >= 11 is 0. The lowest BCUT2D eigenvalue weighted by molar-refractivity contribution is 0.451. The number of aromatic amines is 1. The molecule has 1 aromatic heterocycles. The average molecular weight is 402 g/mol. The highest BCUT2D eigenvalue weighted by Gasteiger charge is 2.20. The number of nitrogens with zero attached hydrogens (tertiary/aromatic N) is 2. The molecule has 0 unspecified atom stereocenters. The van der Waals surface area contributed by atoms with Crippen molar-refractivity contribution < 1.29 is 12.8 Å². The van der Waals surface area contributed by atoms with Gasteiger partial charge in [-0.05, 0) is 43.5 Å². The molecule has 0 aliphatic carbocycles. The number of rotatable bonds is 9. The van der Waals surface area contributed by atoms with E-state index in [1.165, 1.54) is 29.6 Å². The maximum atomic E-state index is 13.3. The molecule has 0 saturated carbocycles. The number of halogens is 1. The zero-order valence-electron chi connectivity index (χ0n) is 15.8. The molecule has 3 rings (SSSR count). The Morgan fingerprint density at radius 3 is 2.54 bits per heavy atom. The van der Waals surface area contributed by atoms with Crippen molar-refractivity contribution >= 4 is 10.0 Å². The van der Waals surface area contributed by atoms with E-state index in [4.69, 9.17) is 0 Å². The second-order valence-corrected chi connectivity index (χ2v) is 8.78. The second kappa shape index (κ2) is 9.12. The zero-order chi connectivity index (χ0) is 20.0. The van der Waals surface area contributed by atoms with Crippen LogP contribution in [-0.2, 0) is 16.4 Å². The summed E-state index contributed by atoms with van der Waals surface area (Å²) in [6.07, 6.45) is 3.43. The van der Waals surface area contributed by atoms with Crippen LogP contribution in [0.3, 0.4) is 0 Å². The van der Waals surface area contributed by atoms with Crippen molar-refractivity contribution in [2.45, 2.75) is 30.6 Å². The van der Waals surface area contributed by atoms with Crippen LogP contribution < -0.4 is 0 Å². The number of unbranched alkanes of at least 4 members (excludes halogenated alkanes) is 2. The molecule has 1 heterocycles. The zero-order valence-corrected chi connectivity index (χ0v) is 16.6. The van der Waals surface area contributed by atoms with Gasteiger partial charge in [-0.2, -0.15) is 5.10 Å². The summed E-state index contributed by atoms with van der Waals surface area (Å²) in [6, 6.07) is 17.1. The van der Waals surface area contributed by atoms with E-state index in [0.29, 0.717) is 6.54 Å². The van der Waals surface area contributed by atoms with Gasteiger partial charge in [0.1, 0.15) is 5.82 Å². The van der Waals surface area contributed by atoms with Crippen LogP contribution in [0.5, 0.6) is 0 Å². The van der Waals surface area contributed by atoms with E-state index in [-0.39, 0.29) is 4.90 Å². The van der Waals surface area contributed by atoms with E-state index in [2.05, 4.69) is 16.3 Å². The highest BCUT2D eigenvalue weighted by Crippen LogP contribution is 2.19. The molecule has 0 bridgehead atoms. The van der Waals surface area contributed by atoms with Gasteiger partial charge in [0.2, 0.25) is 10.0 Å². The normalized spacial score (nSPS) is 11.8.